The SMILES string of the molecule is CCc1ccccc1-c1c(-c2ccc(N(c3ccc(-c4cccc5c4oc4ccccc45)cc3)c3ccc4c5ccccc5c5ccccc5c4c3)cc2)ccc2c1[nH]c1ccccc12. The number of H-pyrrole nitrogens is 1. The van der Waals surface area contributed by atoms with Crippen molar-refractivity contribution in [3.63, 3.8) is 0 Å². The first-order valence-electron chi connectivity index (χ1n) is 22.6. The lowest BCUT2D eigenvalue weighted by Crippen LogP contribution is -2.10. The molecule has 0 fully saturated rings. The van der Waals surface area contributed by atoms with Gasteiger partial charge < -0.3 is 14.3 Å². The van der Waals surface area contributed by atoms with Crippen LogP contribution in [0.5, 0.6) is 0 Å². The number of nitrogens with one attached hydrogen (secondary N) is 1. The first-order chi connectivity index (χ1) is 32.2. The molecule has 306 valence electrons. The Hall–Kier alpha value is -8.40. The van der Waals surface area contributed by atoms with Crippen LogP contribution in [-0.2, 0) is 6.42 Å². The van der Waals surface area contributed by atoms with E-state index in [0.717, 1.165) is 62.1 Å². The maximum atomic E-state index is 6.48. The van der Waals surface area contributed by atoms with Gasteiger partial charge in [-0.1, -0.05) is 177 Å². The predicted octanol–water partition coefficient (Wildman–Crippen LogP) is 17.7. The molecule has 11 aromatic carbocycles. The molecule has 2 aromatic heterocycles. The van der Waals surface area contributed by atoms with E-state index in [4.69, 9.17) is 4.42 Å². The van der Waals surface area contributed by atoms with Crippen LogP contribution < -0.4 is 4.90 Å². The van der Waals surface area contributed by atoms with Gasteiger partial charge >= 0.3 is 0 Å². The van der Waals surface area contributed by atoms with Crippen molar-refractivity contribution in [3.05, 3.63) is 224 Å². The Morgan fingerprint density at radius 2 is 0.908 bits per heavy atom. The monoisotopic (exact) mass is 830 g/mol. The van der Waals surface area contributed by atoms with Crippen LogP contribution in [0, 0.1) is 0 Å². The van der Waals surface area contributed by atoms with Gasteiger partial charge in [0.1, 0.15) is 11.2 Å². The smallest absolute Gasteiger partial charge is 0.143 e. The topological polar surface area (TPSA) is 32.2 Å². The summed E-state index contributed by atoms with van der Waals surface area (Å²) >= 11 is 0. The number of para-hydroxylation sites is 3. The number of benzene rings is 11. The average molecular weight is 831 g/mol. The number of aromatic nitrogens is 1. The van der Waals surface area contributed by atoms with Crippen LogP contribution >= 0.6 is 0 Å². The van der Waals surface area contributed by atoms with Gasteiger partial charge in [0, 0.05) is 55.3 Å². The molecule has 1 N–H and O–H groups in total. The lowest BCUT2D eigenvalue weighted by molar-refractivity contribution is 0.670. The van der Waals surface area contributed by atoms with E-state index in [1.165, 1.54) is 76.4 Å². The summed E-state index contributed by atoms with van der Waals surface area (Å²) in [6.07, 6.45) is 0.948. The lowest BCUT2D eigenvalue weighted by Gasteiger charge is -2.27. The largest absolute Gasteiger partial charge is 0.455 e. The second kappa shape index (κ2) is 14.9. The Balaban J connectivity index is 0.986. The minimum atomic E-state index is 0.903. The highest BCUT2D eigenvalue weighted by atomic mass is 16.3. The van der Waals surface area contributed by atoms with Gasteiger partial charge in [-0.05, 0) is 115 Å². The van der Waals surface area contributed by atoms with Crippen LogP contribution in [0.3, 0.4) is 0 Å². The Bertz CT molecular complexity index is 3950. The standard InChI is InChI=1S/C62H42N2O/c1-2-39-14-3-4-15-45(39)60-46(36-37-55-53-20-9-11-24-58(53)63-61(55)60)40-26-30-42(31-27-40)64(44-34-35-52-50-18-6-5-16-48(50)49-17-7-8-19-51(49)57(52)38-44)43-32-28-41(29-33-43)47-22-13-23-56-54-21-10-12-25-59(54)65-62(47)56/h3-38,63H,2H2,1H3. The number of hydrogen-bond acceptors (Lipinski definition) is 2. The zero-order valence-electron chi connectivity index (χ0n) is 35.8. The predicted molar refractivity (Wildman–Crippen MR) is 276 cm³/mol. The maximum absolute atomic E-state index is 6.48. The molecule has 0 unspecified atom stereocenters. The van der Waals surface area contributed by atoms with Crippen molar-refractivity contribution in [1.82, 2.24) is 4.98 Å². The summed E-state index contributed by atoms with van der Waals surface area (Å²) in [6, 6.07) is 79.5. The van der Waals surface area contributed by atoms with Crippen LogP contribution in [0.2, 0.25) is 0 Å². The van der Waals surface area contributed by atoms with E-state index in [9.17, 15) is 0 Å². The molecule has 13 aromatic rings. The van der Waals surface area contributed by atoms with E-state index in [-0.39, 0.29) is 0 Å². The second-order valence-electron chi connectivity index (χ2n) is 17.1. The number of aryl methyl sites for hydroxylation is 1. The number of furan rings is 1. The van der Waals surface area contributed by atoms with Crippen LogP contribution in [0.25, 0.3) is 109 Å². The van der Waals surface area contributed by atoms with Gasteiger partial charge in [0.05, 0.1) is 5.52 Å². The highest BCUT2D eigenvalue weighted by Crippen LogP contribution is 2.45. The third kappa shape index (κ3) is 5.90. The summed E-state index contributed by atoms with van der Waals surface area (Å²) in [6.45, 7) is 2.25. The average Bonchev–Trinajstić information content (AvgIpc) is 3.96. The highest BCUT2D eigenvalue weighted by Gasteiger charge is 2.21. The normalized spacial score (nSPS) is 11.8. The molecule has 0 bridgehead atoms. The van der Waals surface area contributed by atoms with Gasteiger partial charge in [-0.3, -0.25) is 0 Å². The third-order valence-corrected chi connectivity index (χ3v) is 13.6. The molecule has 2 heterocycles. The molecule has 0 aliphatic heterocycles. The molecule has 0 amide bonds. The third-order valence-electron chi connectivity index (χ3n) is 13.6. The van der Waals surface area contributed by atoms with E-state index >= 15 is 0 Å². The van der Waals surface area contributed by atoms with Crippen molar-refractivity contribution in [1.29, 1.82) is 0 Å². The van der Waals surface area contributed by atoms with Crippen LogP contribution in [-0.4, -0.2) is 4.98 Å². The number of hydrogen-bond donors (Lipinski definition) is 1. The van der Waals surface area contributed by atoms with Gasteiger partial charge in [-0.15, -0.1) is 0 Å². The summed E-state index contributed by atoms with van der Waals surface area (Å²) in [5, 5.41) is 12.3. The quantitative estimate of drug-likeness (QED) is 0.162. The van der Waals surface area contributed by atoms with E-state index in [2.05, 4.69) is 223 Å². The zero-order valence-corrected chi connectivity index (χ0v) is 35.8. The fraction of sp³-hybridized carbons (Fsp3) is 0.0323. The zero-order chi connectivity index (χ0) is 43.0. The first-order valence-corrected chi connectivity index (χ1v) is 22.6. The summed E-state index contributed by atoms with van der Waals surface area (Å²) in [5.41, 5.74) is 15.8. The van der Waals surface area contributed by atoms with E-state index in [1.54, 1.807) is 0 Å². The van der Waals surface area contributed by atoms with Crippen LogP contribution in [0.1, 0.15) is 12.5 Å². The lowest BCUT2D eigenvalue weighted by atomic mass is 9.89. The van der Waals surface area contributed by atoms with Crippen molar-refractivity contribution >= 4 is 93.1 Å². The van der Waals surface area contributed by atoms with E-state index in [1.807, 2.05) is 12.1 Å². The minimum absolute atomic E-state index is 0.903. The van der Waals surface area contributed by atoms with E-state index < -0.39 is 0 Å². The van der Waals surface area contributed by atoms with Crippen molar-refractivity contribution in [2.75, 3.05) is 4.90 Å². The Morgan fingerprint density at radius 1 is 0.385 bits per heavy atom. The summed E-state index contributed by atoms with van der Waals surface area (Å²) in [7, 11) is 0. The maximum Gasteiger partial charge on any atom is 0.143 e. The molecule has 0 spiro atoms. The molecular formula is C62H42N2O. The molecule has 65 heavy (non-hydrogen) atoms. The Morgan fingerprint density at radius 3 is 1.62 bits per heavy atom. The van der Waals surface area contributed by atoms with Crippen LogP contribution in [0.15, 0.2) is 223 Å². The number of anilines is 3. The molecule has 3 heteroatoms. The van der Waals surface area contributed by atoms with Gasteiger partial charge in [-0.25, -0.2) is 0 Å². The highest BCUT2D eigenvalue weighted by molar-refractivity contribution is 6.26. The Labute approximate surface area is 376 Å². The van der Waals surface area contributed by atoms with Crippen molar-refractivity contribution in [2.24, 2.45) is 0 Å². The number of fused-ring (bicyclic) bond motifs is 12. The van der Waals surface area contributed by atoms with Gasteiger partial charge in [0.15, 0.2) is 0 Å². The minimum Gasteiger partial charge on any atom is -0.455 e. The Kier molecular flexibility index (Phi) is 8.50. The summed E-state index contributed by atoms with van der Waals surface area (Å²) in [5.74, 6) is 0. The summed E-state index contributed by atoms with van der Waals surface area (Å²) < 4.78 is 6.48. The molecule has 0 radical (unpaired) electrons. The molecule has 13 rings (SSSR count). The van der Waals surface area contributed by atoms with Crippen molar-refractivity contribution < 1.29 is 4.42 Å². The summed E-state index contributed by atoms with van der Waals surface area (Å²) in [4.78, 5) is 6.23. The van der Waals surface area contributed by atoms with Crippen molar-refractivity contribution in [3.8, 4) is 33.4 Å². The van der Waals surface area contributed by atoms with Gasteiger partial charge in [-0.2, -0.15) is 0 Å². The van der Waals surface area contributed by atoms with Crippen LogP contribution in [0.4, 0.5) is 17.1 Å². The fourth-order valence-corrected chi connectivity index (χ4v) is 10.5. The molecule has 0 atom stereocenters. The number of nitrogens with zero attached hydrogens (tertiary/aromatic N) is 1. The molecular weight excluding hydrogens is 789 g/mol. The molecule has 0 saturated carbocycles. The number of aromatic amines is 1. The van der Waals surface area contributed by atoms with Crippen molar-refractivity contribution in [2.45, 2.75) is 13.3 Å². The molecule has 0 saturated heterocycles. The van der Waals surface area contributed by atoms with Gasteiger partial charge in [0.25, 0.3) is 0 Å². The fourth-order valence-electron chi connectivity index (χ4n) is 10.5. The molecule has 0 aliphatic carbocycles. The molecule has 0 aliphatic rings. The number of rotatable bonds is 7. The van der Waals surface area contributed by atoms with E-state index in [0.29, 0.717) is 0 Å². The van der Waals surface area contributed by atoms with Gasteiger partial charge in [0.2, 0.25) is 0 Å². The second-order valence-corrected chi connectivity index (χ2v) is 17.1. The first kappa shape index (κ1) is 37.2. The molecule has 3 nitrogen and oxygen atoms in total.